The van der Waals surface area contributed by atoms with E-state index < -0.39 is 16.4 Å². The molecule has 0 saturated heterocycles. The van der Waals surface area contributed by atoms with Crippen LogP contribution in [0.4, 0.5) is 0 Å². The maximum absolute atomic E-state index is 6.40. The molecule has 0 unspecified atom stereocenters. The first-order valence-corrected chi connectivity index (χ1v) is 13.4. The second kappa shape index (κ2) is 8.83. The fourth-order valence-corrected chi connectivity index (χ4v) is 6.38. The van der Waals surface area contributed by atoms with Gasteiger partial charge in [0.05, 0.1) is 5.92 Å². The van der Waals surface area contributed by atoms with E-state index in [1.54, 1.807) is 42.5 Å². The molecule has 0 saturated carbocycles. The number of hydrogen-bond donors (Lipinski definition) is 0. The summed E-state index contributed by atoms with van der Waals surface area (Å²) < 4.78 is 16.6. The number of rotatable bonds is 2. The molecule has 0 fully saturated rings. The minimum atomic E-state index is -3.38. The zero-order chi connectivity index (χ0) is 22.4. The molecule has 3 aromatic rings. The van der Waals surface area contributed by atoms with E-state index >= 15 is 0 Å². The number of halogens is 5. The van der Waals surface area contributed by atoms with Gasteiger partial charge in [0.15, 0.2) is 0 Å². The Balaban J connectivity index is 1.92. The van der Waals surface area contributed by atoms with E-state index in [9.17, 15) is 0 Å². The first-order valence-electron chi connectivity index (χ1n) is 8.95. The monoisotopic (exact) mass is 552 g/mol. The summed E-state index contributed by atoms with van der Waals surface area (Å²) in [5.41, 5.74) is 2.06. The molecule has 3 aromatic carbocycles. The Bertz CT molecular complexity index is 1140. The molecule has 1 aliphatic heterocycles. The number of benzene rings is 3. The number of aryl methyl sites for hydroxylation is 1. The quantitative estimate of drug-likeness (QED) is 0.234. The number of alkyl halides is 3. The highest BCUT2D eigenvalue weighted by molar-refractivity contribution is 8.08. The lowest BCUT2D eigenvalue weighted by Crippen LogP contribution is -2.23. The Morgan fingerprint density at radius 1 is 0.871 bits per heavy atom. The Labute approximate surface area is 210 Å². The van der Waals surface area contributed by atoms with Gasteiger partial charge in [-0.1, -0.05) is 70.1 Å². The van der Waals surface area contributed by atoms with Gasteiger partial charge in [0.25, 0.3) is 0 Å². The maximum atomic E-state index is 6.40. The lowest BCUT2D eigenvalue weighted by atomic mass is 9.91. The zero-order valence-corrected chi connectivity index (χ0v) is 21.3. The average molecular weight is 555 g/mol. The Hall–Kier alpha value is -0.840. The summed E-state index contributed by atoms with van der Waals surface area (Å²) in [6.45, 7) is -1.44. The van der Waals surface area contributed by atoms with Crippen LogP contribution in [0.2, 0.25) is 10.0 Å². The van der Waals surface area contributed by atoms with Gasteiger partial charge in [-0.05, 0) is 61.0 Å². The molecule has 0 bridgehead atoms. The SMILES string of the molecule is Cc1cccc(OP2(=S)Oc3ccc(Cl)cc3C(C(Cl)(Cl)Cl)c3cc(Cl)ccc3O2)c1. The lowest BCUT2D eigenvalue weighted by Gasteiger charge is -2.34. The van der Waals surface area contributed by atoms with E-state index in [4.69, 9.17) is 83.4 Å². The van der Waals surface area contributed by atoms with Crippen LogP contribution in [0.5, 0.6) is 17.2 Å². The van der Waals surface area contributed by atoms with Gasteiger partial charge in [0.2, 0.25) is 3.79 Å². The van der Waals surface area contributed by atoms with Crippen molar-refractivity contribution < 1.29 is 13.6 Å². The van der Waals surface area contributed by atoms with Crippen LogP contribution in [0.25, 0.3) is 0 Å². The van der Waals surface area contributed by atoms with Crippen molar-refractivity contribution in [1.29, 1.82) is 0 Å². The molecule has 0 aromatic heterocycles. The highest BCUT2D eigenvalue weighted by atomic mass is 35.6. The molecule has 0 spiro atoms. The van der Waals surface area contributed by atoms with Crippen molar-refractivity contribution in [2.45, 2.75) is 16.6 Å². The largest absolute Gasteiger partial charge is 0.490 e. The molecule has 1 aliphatic rings. The van der Waals surface area contributed by atoms with E-state index in [1.807, 2.05) is 25.1 Å². The summed E-state index contributed by atoms with van der Waals surface area (Å²) in [5, 5.41) is 0.888. The average Bonchev–Trinajstić information content (AvgIpc) is 2.64. The highest BCUT2D eigenvalue weighted by Crippen LogP contribution is 2.59. The number of hydrogen-bond acceptors (Lipinski definition) is 4. The molecule has 31 heavy (non-hydrogen) atoms. The predicted octanol–water partition coefficient (Wildman–Crippen LogP) is 8.88. The van der Waals surface area contributed by atoms with Crippen molar-refractivity contribution >= 4 is 76.5 Å². The van der Waals surface area contributed by atoms with Gasteiger partial charge in [-0.2, -0.15) is 0 Å². The standard InChI is InChI=1S/C21H14Cl5O3PS/c1-12-3-2-4-15(9-12)27-30(31)28-18-7-5-13(22)10-16(18)20(21(24,25)26)17-11-14(23)6-8-19(17)29-30/h2-11,20H,1H3. The summed E-state index contributed by atoms with van der Waals surface area (Å²) in [6.07, 6.45) is 0. The summed E-state index contributed by atoms with van der Waals surface area (Å²) in [5.74, 6) is 0.431. The number of fused-ring (bicyclic) bond motifs is 2. The molecule has 10 heteroatoms. The predicted molar refractivity (Wildman–Crippen MR) is 132 cm³/mol. The fourth-order valence-electron chi connectivity index (χ4n) is 3.27. The molecule has 162 valence electrons. The van der Waals surface area contributed by atoms with Gasteiger partial charge in [0, 0.05) is 33.0 Å². The molecule has 4 rings (SSSR count). The summed E-state index contributed by atoms with van der Waals surface area (Å²) in [4.78, 5) is 0. The molecule has 0 atom stereocenters. The molecule has 0 N–H and O–H groups in total. The van der Waals surface area contributed by atoms with Gasteiger partial charge in [-0.15, -0.1) is 0 Å². The highest BCUT2D eigenvalue weighted by Gasteiger charge is 2.43. The first kappa shape index (κ1) is 23.3. The van der Waals surface area contributed by atoms with E-state index in [0.717, 1.165) is 5.56 Å². The van der Waals surface area contributed by atoms with Crippen molar-refractivity contribution in [2.24, 2.45) is 0 Å². The second-order valence-electron chi connectivity index (χ2n) is 6.88. The third-order valence-corrected chi connectivity index (χ3v) is 7.59. The molecule has 1 heterocycles. The molecular weight excluding hydrogens is 541 g/mol. The van der Waals surface area contributed by atoms with E-state index in [-0.39, 0.29) is 0 Å². The minimum absolute atomic E-state index is 0.349. The van der Waals surface area contributed by atoms with Crippen LogP contribution in [0.1, 0.15) is 22.6 Å². The molecule has 0 aliphatic carbocycles. The van der Waals surface area contributed by atoms with Crippen LogP contribution >= 0.6 is 64.7 Å². The van der Waals surface area contributed by atoms with Crippen molar-refractivity contribution in [1.82, 2.24) is 0 Å². The minimum Gasteiger partial charge on any atom is -0.407 e. The Morgan fingerprint density at radius 3 is 1.90 bits per heavy atom. The topological polar surface area (TPSA) is 27.7 Å². The van der Waals surface area contributed by atoms with Gasteiger partial charge >= 0.3 is 6.72 Å². The molecule has 3 nitrogen and oxygen atoms in total. The third kappa shape index (κ3) is 5.23. The second-order valence-corrected chi connectivity index (χ2v) is 12.9. The smallest absolute Gasteiger partial charge is 0.407 e. The van der Waals surface area contributed by atoms with Gasteiger partial charge in [0.1, 0.15) is 17.2 Å². The van der Waals surface area contributed by atoms with Gasteiger partial charge < -0.3 is 13.6 Å². The Morgan fingerprint density at radius 2 is 1.42 bits per heavy atom. The zero-order valence-electron chi connectivity index (χ0n) is 15.8. The van der Waals surface area contributed by atoms with E-state index in [2.05, 4.69) is 0 Å². The van der Waals surface area contributed by atoms with Crippen LogP contribution < -0.4 is 13.6 Å². The van der Waals surface area contributed by atoms with Crippen molar-refractivity contribution in [2.75, 3.05) is 0 Å². The third-order valence-electron chi connectivity index (χ3n) is 4.52. The van der Waals surface area contributed by atoms with E-state index in [0.29, 0.717) is 38.4 Å². The first-order chi connectivity index (χ1) is 14.5. The molecular formula is C21H14Cl5O3PS. The Kier molecular flexibility index (Phi) is 6.65. The molecule has 0 amide bonds. The fraction of sp³-hybridized carbons (Fsp3) is 0.143. The van der Waals surface area contributed by atoms with Crippen LogP contribution in [0.15, 0.2) is 60.7 Å². The van der Waals surface area contributed by atoms with Crippen LogP contribution in [-0.4, -0.2) is 3.79 Å². The summed E-state index contributed by atoms with van der Waals surface area (Å²) in [7, 11) is 0. The van der Waals surface area contributed by atoms with Crippen LogP contribution in [0, 0.1) is 6.92 Å². The van der Waals surface area contributed by atoms with Crippen molar-refractivity contribution in [3.05, 3.63) is 87.4 Å². The van der Waals surface area contributed by atoms with Gasteiger partial charge in [-0.25, -0.2) is 0 Å². The lowest BCUT2D eigenvalue weighted by molar-refractivity contribution is 0.374. The maximum Gasteiger partial charge on any atom is 0.490 e. The van der Waals surface area contributed by atoms with Gasteiger partial charge in [-0.3, -0.25) is 0 Å². The van der Waals surface area contributed by atoms with Crippen LogP contribution in [0.3, 0.4) is 0 Å². The van der Waals surface area contributed by atoms with E-state index in [1.165, 1.54) is 0 Å². The summed E-state index contributed by atoms with van der Waals surface area (Å²) >= 11 is 37.5. The van der Waals surface area contributed by atoms with Crippen molar-refractivity contribution in [3.8, 4) is 17.2 Å². The normalized spacial score (nSPS) is 20.4. The van der Waals surface area contributed by atoms with Crippen LogP contribution in [-0.2, 0) is 11.8 Å². The molecule has 0 radical (unpaired) electrons. The van der Waals surface area contributed by atoms with Crippen molar-refractivity contribution in [3.63, 3.8) is 0 Å². The summed E-state index contributed by atoms with van der Waals surface area (Å²) in [6, 6.07) is 17.4.